The predicted molar refractivity (Wildman–Crippen MR) is 84.6 cm³/mol. The number of fused-ring (bicyclic) bond motifs is 2. The van der Waals surface area contributed by atoms with E-state index >= 15 is 0 Å². The average molecular weight is 304 g/mol. The van der Waals surface area contributed by atoms with Crippen LogP contribution >= 0.6 is 0 Å². The summed E-state index contributed by atoms with van der Waals surface area (Å²) in [6, 6.07) is 6.85. The number of hydrogen-bond acceptors (Lipinski definition) is 4. The lowest BCUT2D eigenvalue weighted by atomic mass is 9.97. The van der Waals surface area contributed by atoms with Gasteiger partial charge in [0.05, 0.1) is 19.8 Å². The highest BCUT2D eigenvalue weighted by Crippen LogP contribution is 2.35. The predicted octanol–water partition coefficient (Wildman–Crippen LogP) is 2.06. The van der Waals surface area contributed by atoms with Crippen LogP contribution in [0.2, 0.25) is 0 Å². The fourth-order valence-corrected chi connectivity index (χ4v) is 3.86. The van der Waals surface area contributed by atoms with E-state index in [1.165, 1.54) is 12.8 Å². The van der Waals surface area contributed by atoms with Gasteiger partial charge in [-0.2, -0.15) is 0 Å². The monoisotopic (exact) mass is 304 g/mol. The lowest BCUT2D eigenvalue weighted by Crippen LogP contribution is -2.48. The molecule has 0 saturated carbocycles. The molecule has 5 heteroatoms. The van der Waals surface area contributed by atoms with Crippen LogP contribution in [0.5, 0.6) is 11.5 Å². The Morgan fingerprint density at radius 1 is 1.18 bits per heavy atom. The zero-order chi connectivity index (χ0) is 15.7. The van der Waals surface area contributed by atoms with Gasteiger partial charge in [-0.3, -0.25) is 4.79 Å². The summed E-state index contributed by atoms with van der Waals surface area (Å²) in [4.78, 5) is 15.1. The molecule has 0 aliphatic carbocycles. The molecule has 2 aliphatic rings. The summed E-state index contributed by atoms with van der Waals surface area (Å²) in [5.41, 5.74) is 0.535. The van der Waals surface area contributed by atoms with E-state index in [9.17, 15) is 4.79 Å². The standard InChI is InChI=1S/C17H24N2O3/c1-19-12-7-8-13(19)10-11(9-12)18-17(20)14-5-4-6-15(21-2)16(14)22-3/h4-6,11-13H,7-10H2,1-3H3,(H,18,20)/t11?,12-,13+. The van der Waals surface area contributed by atoms with E-state index < -0.39 is 0 Å². The Kier molecular flexibility index (Phi) is 4.25. The molecule has 5 nitrogen and oxygen atoms in total. The number of nitrogens with zero attached hydrogens (tertiary/aromatic N) is 1. The Morgan fingerprint density at radius 3 is 2.45 bits per heavy atom. The highest BCUT2D eigenvalue weighted by Gasteiger charge is 2.39. The van der Waals surface area contributed by atoms with Crippen LogP contribution in [-0.4, -0.2) is 50.2 Å². The molecule has 1 aromatic rings. The number of amides is 1. The Balaban J connectivity index is 1.73. The van der Waals surface area contributed by atoms with Crippen LogP contribution in [0.15, 0.2) is 18.2 Å². The fourth-order valence-electron chi connectivity index (χ4n) is 3.86. The molecular weight excluding hydrogens is 280 g/mol. The van der Waals surface area contributed by atoms with Crippen molar-refractivity contribution in [3.63, 3.8) is 0 Å². The number of piperidine rings is 1. The van der Waals surface area contributed by atoms with E-state index in [2.05, 4.69) is 17.3 Å². The van der Waals surface area contributed by atoms with E-state index in [0.29, 0.717) is 29.1 Å². The second-order valence-corrected chi connectivity index (χ2v) is 6.23. The molecule has 2 heterocycles. The normalized spacial score (nSPS) is 27.5. The highest BCUT2D eigenvalue weighted by molar-refractivity contribution is 5.98. The topological polar surface area (TPSA) is 50.8 Å². The van der Waals surface area contributed by atoms with Crippen LogP contribution in [0, 0.1) is 0 Å². The van der Waals surface area contributed by atoms with Crippen molar-refractivity contribution in [2.75, 3.05) is 21.3 Å². The second-order valence-electron chi connectivity index (χ2n) is 6.23. The van der Waals surface area contributed by atoms with Gasteiger partial charge >= 0.3 is 0 Å². The van der Waals surface area contributed by atoms with Crippen LogP contribution in [0.25, 0.3) is 0 Å². The van der Waals surface area contributed by atoms with Gasteiger partial charge in [-0.25, -0.2) is 0 Å². The van der Waals surface area contributed by atoms with Gasteiger partial charge in [0.2, 0.25) is 0 Å². The van der Waals surface area contributed by atoms with Gasteiger partial charge in [0, 0.05) is 18.1 Å². The van der Waals surface area contributed by atoms with Crippen molar-refractivity contribution in [3.8, 4) is 11.5 Å². The van der Waals surface area contributed by atoms with Crippen LogP contribution in [0.4, 0.5) is 0 Å². The minimum atomic E-state index is -0.0790. The van der Waals surface area contributed by atoms with Crippen LogP contribution in [-0.2, 0) is 0 Å². The number of ether oxygens (including phenoxy) is 2. The molecule has 0 spiro atoms. The largest absolute Gasteiger partial charge is 0.493 e. The van der Waals surface area contributed by atoms with Gasteiger partial charge in [-0.05, 0) is 44.9 Å². The number of methoxy groups -OCH3 is 2. The molecule has 2 saturated heterocycles. The van der Waals surface area contributed by atoms with Gasteiger partial charge in [0.25, 0.3) is 5.91 Å². The minimum Gasteiger partial charge on any atom is -0.493 e. The van der Waals surface area contributed by atoms with Crippen molar-refractivity contribution in [1.29, 1.82) is 0 Å². The maximum Gasteiger partial charge on any atom is 0.255 e. The van der Waals surface area contributed by atoms with Crippen molar-refractivity contribution >= 4 is 5.91 Å². The maximum atomic E-state index is 12.6. The molecule has 1 aromatic carbocycles. The molecule has 1 unspecified atom stereocenters. The summed E-state index contributed by atoms with van der Waals surface area (Å²) >= 11 is 0. The van der Waals surface area contributed by atoms with Gasteiger partial charge in [-0.1, -0.05) is 6.07 Å². The summed E-state index contributed by atoms with van der Waals surface area (Å²) in [5, 5.41) is 3.18. The first-order valence-corrected chi connectivity index (χ1v) is 7.87. The molecule has 2 bridgehead atoms. The van der Waals surface area contributed by atoms with Crippen LogP contribution in [0.1, 0.15) is 36.0 Å². The van der Waals surface area contributed by atoms with Gasteiger partial charge in [0.15, 0.2) is 11.5 Å². The number of nitrogens with one attached hydrogen (secondary N) is 1. The van der Waals surface area contributed by atoms with Crippen molar-refractivity contribution in [2.45, 2.75) is 43.8 Å². The Hall–Kier alpha value is -1.75. The van der Waals surface area contributed by atoms with Crippen molar-refractivity contribution in [3.05, 3.63) is 23.8 Å². The number of hydrogen-bond donors (Lipinski definition) is 1. The second kappa shape index (κ2) is 6.16. The SMILES string of the molecule is COc1cccc(C(=O)NC2C[C@H]3CC[C@@H](C2)N3C)c1OC. The molecule has 1 N–H and O–H groups in total. The lowest BCUT2D eigenvalue weighted by Gasteiger charge is -2.36. The number of benzene rings is 1. The first-order chi connectivity index (χ1) is 10.6. The third-order valence-electron chi connectivity index (χ3n) is 5.08. The van der Waals surface area contributed by atoms with E-state index in [1.54, 1.807) is 26.4 Å². The van der Waals surface area contributed by atoms with Crippen LogP contribution < -0.4 is 14.8 Å². The third kappa shape index (κ3) is 2.65. The molecule has 0 radical (unpaired) electrons. The smallest absolute Gasteiger partial charge is 0.255 e. The summed E-state index contributed by atoms with van der Waals surface area (Å²) in [7, 11) is 5.34. The zero-order valence-corrected chi connectivity index (χ0v) is 13.5. The quantitative estimate of drug-likeness (QED) is 0.925. The molecule has 3 rings (SSSR count). The van der Waals surface area contributed by atoms with Gasteiger partial charge in [0.1, 0.15) is 0 Å². The summed E-state index contributed by atoms with van der Waals surface area (Å²) in [6.07, 6.45) is 4.56. The van der Waals surface area contributed by atoms with E-state index in [0.717, 1.165) is 12.8 Å². The lowest BCUT2D eigenvalue weighted by molar-refractivity contribution is 0.0879. The number of carbonyl (C=O) groups is 1. The molecule has 22 heavy (non-hydrogen) atoms. The van der Waals surface area contributed by atoms with Crippen molar-refractivity contribution in [2.24, 2.45) is 0 Å². The first kappa shape index (κ1) is 15.2. The van der Waals surface area contributed by atoms with E-state index in [-0.39, 0.29) is 11.9 Å². The van der Waals surface area contributed by atoms with E-state index in [4.69, 9.17) is 9.47 Å². The molecule has 3 atom stereocenters. The van der Waals surface area contributed by atoms with Crippen LogP contribution in [0.3, 0.4) is 0 Å². The van der Waals surface area contributed by atoms with Gasteiger partial charge < -0.3 is 19.7 Å². The third-order valence-corrected chi connectivity index (χ3v) is 5.08. The average Bonchev–Trinajstić information content (AvgIpc) is 2.75. The zero-order valence-electron chi connectivity index (χ0n) is 13.5. The summed E-state index contributed by atoms with van der Waals surface area (Å²) < 4.78 is 10.6. The highest BCUT2D eigenvalue weighted by atomic mass is 16.5. The fraction of sp³-hybridized carbons (Fsp3) is 0.588. The Labute approximate surface area is 131 Å². The number of rotatable bonds is 4. The van der Waals surface area contributed by atoms with Crippen molar-refractivity contribution < 1.29 is 14.3 Å². The Morgan fingerprint density at radius 2 is 1.86 bits per heavy atom. The molecule has 0 aromatic heterocycles. The molecule has 2 aliphatic heterocycles. The maximum absolute atomic E-state index is 12.6. The summed E-state index contributed by atoms with van der Waals surface area (Å²) in [6.45, 7) is 0. The molecule has 1 amide bonds. The first-order valence-electron chi connectivity index (χ1n) is 7.87. The molecule has 120 valence electrons. The van der Waals surface area contributed by atoms with Gasteiger partial charge in [-0.15, -0.1) is 0 Å². The number of para-hydroxylation sites is 1. The molecule has 2 fully saturated rings. The Bertz CT molecular complexity index is 547. The number of carbonyl (C=O) groups excluding carboxylic acids is 1. The van der Waals surface area contributed by atoms with Crippen molar-refractivity contribution in [1.82, 2.24) is 10.2 Å². The molecular formula is C17H24N2O3. The summed E-state index contributed by atoms with van der Waals surface area (Å²) in [5.74, 6) is 1.00. The van der Waals surface area contributed by atoms with E-state index in [1.807, 2.05) is 6.07 Å². The minimum absolute atomic E-state index is 0.0790.